The fourth-order valence-corrected chi connectivity index (χ4v) is 8.19. The molecule has 0 radical (unpaired) electrons. The lowest BCUT2D eigenvalue weighted by Crippen LogP contribution is -2.44. The first-order chi connectivity index (χ1) is 21.1. The molecule has 10 nitrogen and oxygen atoms in total. The van der Waals surface area contributed by atoms with Gasteiger partial charge in [-0.3, -0.25) is 14.5 Å². The summed E-state index contributed by atoms with van der Waals surface area (Å²) in [5.41, 5.74) is 3.36. The summed E-state index contributed by atoms with van der Waals surface area (Å²) in [7, 11) is -3.84. The molecule has 1 aliphatic carbocycles. The molecule has 5 heterocycles. The molecule has 228 valence electrons. The minimum absolute atomic E-state index is 0.243. The van der Waals surface area contributed by atoms with Crippen LogP contribution in [0.25, 0.3) is 22.2 Å². The average Bonchev–Trinajstić information content (AvgIpc) is 3.70. The number of hydrogen-bond donors (Lipinski definition) is 0. The Balaban J connectivity index is 1.19. The van der Waals surface area contributed by atoms with E-state index in [2.05, 4.69) is 21.0 Å². The molecule has 3 fully saturated rings. The van der Waals surface area contributed by atoms with E-state index in [0.717, 1.165) is 108 Å². The Kier molecular flexibility index (Phi) is 8.33. The van der Waals surface area contributed by atoms with Crippen molar-refractivity contribution in [2.75, 3.05) is 59.2 Å². The molecule has 0 spiro atoms. The van der Waals surface area contributed by atoms with Crippen LogP contribution in [0.2, 0.25) is 0 Å². The summed E-state index contributed by atoms with van der Waals surface area (Å²) in [5, 5.41) is 5.49. The number of benzene rings is 1. The lowest BCUT2D eigenvalue weighted by atomic mass is 9.81. The summed E-state index contributed by atoms with van der Waals surface area (Å²) in [6.45, 7) is 8.76. The summed E-state index contributed by atoms with van der Waals surface area (Å²) in [4.78, 5) is 10.0. The molecule has 0 bridgehead atoms. The second-order valence-electron chi connectivity index (χ2n) is 11.9. The van der Waals surface area contributed by atoms with Crippen LogP contribution in [-0.4, -0.2) is 102 Å². The zero-order chi connectivity index (χ0) is 29.2. The maximum Gasteiger partial charge on any atom is 0.269 e. The number of nitrogens with zero attached hydrogens (tertiary/aromatic N) is 6. The second kappa shape index (κ2) is 12.5. The van der Waals surface area contributed by atoms with E-state index < -0.39 is 10.0 Å². The molecule has 3 aliphatic rings. The van der Waals surface area contributed by atoms with Crippen molar-refractivity contribution in [3.63, 3.8) is 0 Å². The van der Waals surface area contributed by atoms with Crippen molar-refractivity contribution in [2.45, 2.75) is 49.1 Å². The highest BCUT2D eigenvalue weighted by molar-refractivity contribution is 7.90. The number of morpholine rings is 2. The number of hydrogen-bond acceptors (Lipinski definition) is 8. The van der Waals surface area contributed by atoms with Crippen LogP contribution in [0.1, 0.15) is 37.2 Å². The number of fused-ring (bicyclic) bond motifs is 1. The Morgan fingerprint density at radius 2 is 1.56 bits per heavy atom. The molecule has 0 unspecified atom stereocenters. The highest BCUT2D eigenvalue weighted by atomic mass is 32.2. The minimum Gasteiger partial charge on any atom is -0.379 e. The van der Waals surface area contributed by atoms with Crippen molar-refractivity contribution in [3.8, 4) is 11.1 Å². The number of ether oxygens (including phenoxy) is 2. The largest absolute Gasteiger partial charge is 0.379 e. The van der Waals surface area contributed by atoms with E-state index in [4.69, 9.17) is 14.5 Å². The van der Waals surface area contributed by atoms with E-state index in [9.17, 15) is 8.42 Å². The van der Waals surface area contributed by atoms with Crippen molar-refractivity contribution < 1.29 is 17.9 Å². The first-order valence-corrected chi connectivity index (χ1v) is 17.0. The Hall–Kier alpha value is -3.09. The van der Waals surface area contributed by atoms with E-state index >= 15 is 0 Å². The molecule has 1 aromatic carbocycles. The van der Waals surface area contributed by atoms with Gasteiger partial charge in [0.2, 0.25) is 0 Å². The summed E-state index contributed by atoms with van der Waals surface area (Å²) in [6, 6.07) is 11.4. The zero-order valence-corrected chi connectivity index (χ0v) is 25.4. The summed E-state index contributed by atoms with van der Waals surface area (Å²) >= 11 is 0. The van der Waals surface area contributed by atoms with Gasteiger partial charge in [-0.2, -0.15) is 5.10 Å². The van der Waals surface area contributed by atoms with Crippen LogP contribution >= 0.6 is 0 Å². The maximum absolute atomic E-state index is 13.8. The highest BCUT2D eigenvalue weighted by Crippen LogP contribution is 2.38. The first-order valence-electron chi connectivity index (χ1n) is 15.5. The Labute approximate surface area is 253 Å². The van der Waals surface area contributed by atoms with Gasteiger partial charge in [-0.1, -0.05) is 18.2 Å². The van der Waals surface area contributed by atoms with Gasteiger partial charge in [0.1, 0.15) is 0 Å². The van der Waals surface area contributed by atoms with Crippen molar-refractivity contribution in [3.05, 3.63) is 66.7 Å². The lowest BCUT2D eigenvalue weighted by Gasteiger charge is -2.38. The van der Waals surface area contributed by atoms with E-state index in [1.165, 1.54) is 9.54 Å². The van der Waals surface area contributed by atoms with Gasteiger partial charge >= 0.3 is 0 Å². The topological polar surface area (TPSA) is 94.7 Å². The standard InChI is InChI=1S/C32H40N6O4S/c39-43(40,29-4-2-1-3-5-29)38-24-31(27-22-34-37(23-27)11-10-35-12-16-41-17-13-35)30-20-26(21-33-32(30)38)25-6-8-28(9-7-25)36-14-18-42-19-15-36/h1-5,20-25,28H,6-19H2/t25-,28+. The van der Waals surface area contributed by atoms with Crippen molar-refractivity contribution in [2.24, 2.45) is 0 Å². The molecule has 0 atom stereocenters. The smallest absolute Gasteiger partial charge is 0.269 e. The molecule has 3 aromatic heterocycles. The van der Waals surface area contributed by atoms with Crippen LogP contribution in [0.4, 0.5) is 0 Å². The van der Waals surface area contributed by atoms with Gasteiger partial charge in [-0.25, -0.2) is 17.4 Å². The van der Waals surface area contributed by atoms with Gasteiger partial charge in [0.25, 0.3) is 10.0 Å². The van der Waals surface area contributed by atoms with E-state index in [1.807, 2.05) is 29.3 Å². The minimum atomic E-state index is -3.84. The third-order valence-electron chi connectivity index (χ3n) is 9.36. The number of pyridine rings is 1. The number of rotatable bonds is 8. The lowest BCUT2D eigenvalue weighted by molar-refractivity contribution is 0.00729. The van der Waals surface area contributed by atoms with Gasteiger partial charge in [0, 0.05) is 73.9 Å². The molecular formula is C32H40N6O4S. The Bertz CT molecular complexity index is 1630. The predicted octanol–water partition coefficient (Wildman–Crippen LogP) is 3.83. The third-order valence-corrected chi connectivity index (χ3v) is 11.0. The molecule has 4 aromatic rings. The van der Waals surface area contributed by atoms with Gasteiger partial charge in [-0.05, 0) is 55.4 Å². The third kappa shape index (κ3) is 6.01. The molecule has 1 saturated carbocycles. The average molecular weight is 605 g/mol. The summed E-state index contributed by atoms with van der Waals surface area (Å²) < 4.78 is 42.0. The fraction of sp³-hybridized carbons (Fsp3) is 0.500. The van der Waals surface area contributed by atoms with E-state index in [0.29, 0.717) is 17.6 Å². The van der Waals surface area contributed by atoms with Gasteiger partial charge in [0.05, 0.1) is 44.1 Å². The van der Waals surface area contributed by atoms with Crippen LogP contribution in [0.5, 0.6) is 0 Å². The second-order valence-corrected chi connectivity index (χ2v) is 13.7. The monoisotopic (exact) mass is 604 g/mol. The Morgan fingerprint density at radius 1 is 0.837 bits per heavy atom. The molecule has 0 amide bonds. The van der Waals surface area contributed by atoms with E-state index in [1.54, 1.807) is 30.5 Å². The molecule has 43 heavy (non-hydrogen) atoms. The fourth-order valence-electron chi connectivity index (χ4n) is 6.85. The molecule has 0 N–H and O–H groups in total. The van der Waals surface area contributed by atoms with Crippen molar-refractivity contribution in [1.82, 2.24) is 28.5 Å². The SMILES string of the molecule is O=S(=O)(c1ccccc1)n1cc(-c2cnn(CCN3CCOCC3)c2)c2cc([C@H]3CC[C@@H](N4CCOCC4)CC3)cnc21. The van der Waals surface area contributed by atoms with Gasteiger partial charge in [0.15, 0.2) is 5.65 Å². The van der Waals surface area contributed by atoms with Crippen molar-refractivity contribution >= 4 is 21.1 Å². The molecule has 2 aliphatic heterocycles. The quantitative estimate of drug-likeness (QED) is 0.300. The Morgan fingerprint density at radius 3 is 2.30 bits per heavy atom. The van der Waals surface area contributed by atoms with Crippen LogP contribution in [0.15, 0.2) is 66.1 Å². The van der Waals surface area contributed by atoms with Crippen molar-refractivity contribution in [1.29, 1.82) is 0 Å². The van der Waals surface area contributed by atoms with Crippen LogP contribution in [0, 0.1) is 0 Å². The molecule has 2 saturated heterocycles. The van der Waals surface area contributed by atoms with Crippen LogP contribution in [0.3, 0.4) is 0 Å². The molecule has 11 heteroatoms. The predicted molar refractivity (Wildman–Crippen MR) is 165 cm³/mol. The first kappa shape index (κ1) is 28.7. The number of aromatic nitrogens is 4. The highest BCUT2D eigenvalue weighted by Gasteiger charge is 2.29. The normalized spacial score (nSPS) is 22.7. The summed E-state index contributed by atoms with van der Waals surface area (Å²) in [6.07, 6.45) is 12.0. The summed E-state index contributed by atoms with van der Waals surface area (Å²) in [5.74, 6) is 0.410. The zero-order valence-electron chi connectivity index (χ0n) is 24.6. The molecule has 7 rings (SSSR count). The van der Waals surface area contributed by atoms with Gasteiger partial charge < -0.3 is 9.47 Å². The molecular weight excluding hydrogens is 564 g/mol. The van der Waals surface area contributed by atoms with Gasteiger partial charge in [-0.15, -0.1) is 0 Å². The maximum atomic E-state index is 13.8. The van der Waals surface area contributed by atoms with Crippen LogP contribution in [-0.2, 0) is 26.0 Å². The van der Waals surface area contributed by atoms with Crippen LogP contribution < -0.4 is 0 Å². The van der Waals surface area contributed by atoms with E-state index in [-0.39, 0.29) is 4.90 Å².